The van der Waals surface area contributed by atoms with E-state index in [4.69, 9.17) is 5.73 Å². The fraction of sp³-hybridized carbons (Fsp3) is 0.538. The van der Waals surface area contributed by atoms with Gasteiger partial charge in [0.15, 0.2) is 0 Å². The van der Waals surface area contributed by atoms with Crippen molar-refractivity contribution in [3.8, 4) is 5.75 Å². The van der Waals surface area contributed by atoms with Crippen LogP contribution in [0.3, 0.4) is 0 Å². The number of hydrogen-bond donors (Lipinski definition) is 2. The second kappa shape index (κ2) is 4.04. The first-order chi connectivity index (χ1) is 7.50. The van der Waals surface area contributed by atoms with Crippen molar-refractivity contribution in [2.24, 2.45) is 5.73 Å². The standard InChI is InChI=1S/C13H18BrNO/c1-8(2)9-5-10(12(16)11(14)6-9)13(7-15)3-4-13/h5-6,8,16H,3-4,7,15H2,1-2H3. The van der Waals surface area contributed by atoms with Gasteiger partial charge >= 0.3 is 0 Å². The molecule has 1 aliphatic carbocycles. The molecule has 0 amide bonds. The highest BCUT2D eigenvalue weighted by Crippen LogP contribution is 2.52. The van der Waals surface area contributed by atoms with Gasteiger partial charge in [0, 0.05) is 17.5 Å². The zero-order chi connectivity index (χ0) is 11.9. The van der Waals surface area contributed by atoms with E-state index in [1.807, 2.05) is 6.07 Å². The molecule has 0 aliphatic heterocycles. The molecule has 2 rings (SSSR count). The molecule has 0 unspecified atom stereocenters. The highest BCUT2D eigenvalue weighted by atomic mass is 79.9. The molecule has 2 nitrogen and oxygen atoms in total. The topological polar surface area (TPSA) is 46.2 Å². The lowest BCUT2D eigenvalue weighted by Crippen LogP contribution is -2.20. The largest absolute Gasteiger partial charge is 0.506 e. The summed E-state index contributed by atoms with van der Waals surface area (Å²) in [4.78, 5) is 0. The van der Waals surface area contributed by atoms with Crippen LogP contribution < -0.4 is 5.73 Å². The number of halogens is 1. The van der Waals surface area contributed by atoms with E-state index in [1.54, 1.807) is 0 Å². The molecule has 3 N–H and O–H groups in total. The summed E-state index contributed by atoms with van der Waals surface area (Å²) in [7, 11) is 0. The molecule has 0 bridgehead atoms. The van der Waals surface area contributed by atoms with E-state index in [0.717, 1.165) is 22.9 Å². The second-order valence-electron chi connectivity index (χ2n) is 5.04. The lowest BCUT2D eigenvalue weighted by molar-refractivity contribution is 0.455. The van der Waals surface area contributed by atoms with Crippen LogP contribution in [0.15, 0.2) is 16.6 Å². The quantitative estimate of drug-likeness (QED) is 0.894. The van der Waals surface area contributed by atoms with Crippen LogP contribution in [0.1, 0.15) is 43.7 Å². The molecular weight excluding hydrogens is 266 g/mol. The molecule has 0 saturated heterocycles. The zero-order valence-electron chi connectivity index (χ0n) is 9.76. The van der Waals surface area contributed by atoms with Crippen molar-refractivity contribution >= 4 is 15.9 Å². The fourth-order valence-electron chi connectivity index (χ4n) is 2.09. The molecule has 0 heterocycles. The maximum Gasteiger partial charge on any atom is 0.133 e. The number of phenols is 1. The molecule has 16 heavy (non-hydrogen) atoms. The van der Waals surface area contributed by atoms with Gasteiger partial charge in [0.05, 0.1) is 4.47 Å². The highest BCUT2D eigenvalue weighted by Gasteiger charge is 2.45. The van der Waals surface area contributed by atoms with Crippen LogP contribution in [0.25, 0.3) is 0 Å². The minimum Gasteiger partial charge on any atom is -0.506 e. The van der Waals surface area contributed by atoms with Crippen LogP contribution in [0, 0.1) is 0 Å². The van der Waals surface area contributed by atoms with E-state index < -0.39 is 0 Å². The smallest absolute Gasteiger partial charge is 0.133 e. The third kappa shape index (κ3) is 1.87. The normalized spacial score (nSPS) is 17.8. The number of hydrogen-bond acceptors (Lipinski definition) is 2. The summed E-state index contributed by atoms with van der Waals surface area (Å²) in [5.74, 6) is 0.830. The summed E-state index contributed by atoms with van der Waals surface area (Å²) >= 11 is 3.42. The molecule has 88 valence electrons. The molecule has 1 aromatic rings. The first kappa shape index (κ1) is 11.9. The van der Waals surface area contributed by atoms with E-state index in [1.165, 1.54) is 5.56 Å². The first-order valence-electron chi connectivity index (χ1n) is 5.73. The third-order valence-electron chi connectivity index (χ3n) is 3.57. The Morgan fingerprint density at radius 3 is 2.50 bits per heavy atom. The average molecular weight is 284 g/mol. The van der Waals surface area contributed by atoms with E-state index in [-0.39, 0.29) is 5.41 Å². The predicted molar refractivity (Wildman–Crippen MR) is 69.9 cm³/mol. The van der Waals surface area contributed by atoms with Gasteiger partial charge in [0.2, 0.25) is 0 Å². The Morgan fingerprint density at radius 1 is 1.44 bits per heavy atom. The summed E-state index contributed by atoms with van der Waals surface area (Å²) < 4.78 is 0.786. The molecule has 1 fully saturated rings. The van der Waals surface area contributed by atoms with Crippen molar-refractivity contribution in [1.29, 1.82) is 0 Å². The predicted octanol–water partition coefficient (Wildman–Crippen LogP) is 3.27. The van der Waals surface area contributed by atoms with Gasteiger partial charge < -0.3 is 10.8 Å². The van der Waals surface area contributed by atoms with Gasteiger partial charge in [0.25, 0.3) is 0 Å². The lowest BCUT2D eigenvalue weighted by Gasteiger charge is -2.18. The minimum atomic E-state index is 0.0392. The summed E-state index contributed by atoms with van der Waals surface area (Å²) in [6, 6.07) is 4.11. The van der Waals surface area contributed by atoms with Gasteiger partial charge in [-0.05, 0) is 46.3 Å². The molecule has 1 aromatic carbocycles. The Balaban J connectivity index is 2.52. The summed E-state index contributed by atoms with van der Waals surface area (Å²) in [5.41, 5.74) is 8.13. The van der Waals surface area contributed by atoms with E-state index >= 15 is 0 Å². The van der Waals surface area contributed by atoms with Crippen molar-refractivity contribution in [1.82, 2.24) is 0 Å². The van der Waals surface area contributed by atoms with Crippen LogP contribution in [-0.4, -0.2) is 11.7 Å². The van der Waals surface area contributed by atoms with Gasteiger partial charge in [-0.25, -0.2) is 0 Å². The van der Waals surface area contributed by atoms with Gasteiger partial charge in [-0.1, -0.05) is 19.9 Å². The van der Waals surface area contributed by atoms with Gasteiger partial charge in [0.1, 0.15) is 5.75 Å². The summed E-state index contributed by atoms with van der Waals surface area (Å²) in [6.07, 6.45) is 2.18. The minimum absolute atomic E-state index is 0.0392. The van der Waals surface area contributed by atoms with Gasteiger partial charge in [-0.3, -0.25) is 0 Å². The number of phenolic OH excluding ortho intramolecular Hbond substituents is 1. The molecular formula is C13H18BrNO. The average Bonchev–Trinajstić information content (AvgIpc) is 3.02. The Hall–Kier alpha value is -0.540. The molecule has 0 radical (unpaired) electrons. The Morgan fingerprint density at radius 2 is 2.06 bits per heavy atom. The number of nitrogens with two attached hydrogens (primary N) is 1. The molecule has 0 spiro atoms. The number of aromatic hydroxyl groups is 1. The van der Waals surface area contributed by atoms with Crippen molar-refractivity contribution < 1.29 is 5.11 Å². The molecule has 0 aromatic heterocycles. The first-order valence-corrected chi connectivity index (χ1v) is 6.52. The fourth-order valence-corrected chi connectivity index (χ4v) is 2.57. The molecule has 3 heteroatoms. The maximum absolute atomic E-state index is 10.1. The second-order valence-corrected chi connectivity index (χ2v) is 5.89. The SMILES string of the molecule is CC(C)c1cc(Br)c(O)c(C2(CN)CC2)c1. The Labute approximate surface area is 105 Å². The van der Waals surface area contributed by atoms with Gasteiger partial charge in [-0.2, -0.15) is 0 Å². The third-order valence-corrected chi connectivity index (χ3v) is 4.17. The van der Waals surface area contributed by atoms with Crippen LogP contribution in [0.5, 0.6) is 5.75 Å². The Kier molecular flexibility index (Phi) is 3.01. The van der Waals surface area contributed by atoms with Crippen LogP contribution in [-0.2, 0) is 5.41 Å². The molecule has 1 saturated carbocycles. The summed E-state index contributed by atoms with van der Waals surface area (Å²) in [6.45, 7) is 4.93. The number of benzene rings is 1. The van der Waals surface area contributed by atoms with Crippen LogP contribution in [0.4, 0.5) is 0 Å². The monoisotopic (exact) mass is 283 g/mol. The van der Waals surface area contributed by atoms with Gasteiger partial charge in [-0.15, -0.1) is 0 Å². The lowest BCUT2D eigenvalue weighted by atomic mass is 9.91. The maximum atomic E-state index is 10.1. The van der Waals surface area contributed by atoms with Crippen molar-refractivity contribution in [2.45, 2.75) is 38.0 Å². The number of rotatable bonds is 3. The van der Waals surface area contributed by atoms with E-state index in [9.17, 15) is 5.11 Å². The van der Waals surface area contributed by atoms with Crippen molar-refractivity contribution in [3.63, 3.8) is 0 Å². The Bertz CT molecular complexity index is 411. The highest BCUT2D eigenvalue weighted by molar-refractivity contribution is 9.10. The van der Waals surface area contributed by atoms with E-state index in [2.05, 4.69) is 35.8 Å². The zero-order valence-corrected chi connectivity index (χ0v) is 11.3. The molecule has 1 aliphatic rings. The molecule has 0 atom stereocenters. The van der Waals surface area contributed by atoms with Crippen molar-refractivity contribution in [2.75, 3.05) is 6.54 Å². The van der Waals surface area contributed by atoms with E-state index in [0.29, 0.717) is 18.2 Å². The van der Waals surface area contributed by atoms with Crippen molar-refractivity contribution in [3.05, 3.63) is 27.7 Å². The van der Waals surface area contributed by atoms with Crippen LogP contribution >= 0.6 is 15.9 Å². The van der Waals surface area contributed by atoms with Crippen LogP contribution in [0.2, 0.25) is 0 Å². The summed E-state index contributed by atoms with van der Waals surface area (Å²) in [5, 5.41) is 10.1.